The number of benzene rings is 2. The largest absolute Gasteiger partial charge is 0.489 e. The summed E-state index contributed by atoms with van der Waals surface area (Å²) >= 11 is 6.01. The molecule has 0 atom stereocenters. The zero-order chi connectivity index (χ0) is 18.8. The van der Waals surface area contributed by atoms with Crippen molar-refractivity contribution in [1.82, 2.24) is 9.97 Å². The van der Waals surface area contributed by atoms with Crippen LogP contribution in [0.2, 0.25) is 5.02 Å². The highest BCUT2D eigenvalue weighted by Crippen LogP contribution is 2.29. The van der Waals surface area contributed by atoms with Crippen molar-refractivity contribution in [3.8, 4) is 5.75 Å². The van der Waals surface area contributed by atoms with E-state index in [4.69, 9.17) is 21.1 Å². The second-order valence-corrected chi connectivity index (χ2v) is 6.52. The quantitative estimate of drug-likeness (QED) is 0.488. The van der Waals surface area contributed by atoms with E-state index < -0.39 is 5.97 Å². The van der Waals surface area contributed by atoms with Crippen LogP contribution in [0.5, 0.6) is 5.75 Å². The number of hydrogen-bond acceptors (Lipinski definition) is 4. The third kappa shape index (κ3) is 3.59. The van der Waals surface area contributed by atoms with Crippen LogP contribution in [-0.2, 0) is 11.3 Å². The van der Waals surface area contributed by atoms with Gasteiger partial charge in [0.1, 0.15) is 18.1 Å². The van der Waals surface area contributed by atoms with Gasteiger partial charge < -0.3 is 14.5 Å². The Labute approximate surface area is 160 Å². The van der Waals surface area contributed by atoms with Gasteiger partial charge in [-0.15, -0.1) is 0 Å². The summed E-state index contributed by atoms with van der Waals surface area (Å²) < 4.78 is 10.9. The molecule has 0 saturated heterocycles. The zero-order valence-corrected chi connectivity index (χ0v) is 15.4. The Balaban J connectivity index is 1.66. The van der Waals surface area contributed by atoms with E-state index in [1.165, 1.54) is 0 Å². The molecule has 1 N–H and O–H groups in total. The number of pyridine rings is 1. The number of aromatic amines is 1. The SMILES string of the molecule is CCOC(=O)c1cc2c(cn1)[nH]c1ccc(OCc3cccc(Cl)c3)cc12. The lowest BCUT2D eigenvalue weighted by atomic mass is 10.1. The van der Waals surface area contributed by atoms with Gasteiger partial charge in [-0.25, -0.2) is 9.78 Å². The molecule has 5 nitrogen and oxygen atoms in total. The number of carbonyl (C=O) groups excluding carboxylic acids is 1. The lowest BCUT2D eigenvalue weighted by Crippen LogP contribution is -2.06. The number of nitrogens with one attached hydrogen (secondary N) is 1. The maximum atomic E-state index is 12.0. The van der Waals surface area contributed by atoms with Crippen LogP contribution in [-0.4, -0.2) is 22.5 Å². The summed E-state index contributed by atoms with van der Waals surface area (Å²) in [6.07, 6.45) is 1.65. The van der Waals surface area contributed by atoms with E-state index >= 15 is 0 Å². The molecule has 0 aliphatic carbocycles. The lowest BCUT2D eigenvalue weighted by Gasteiger charge is -2.07. The highest BCUT2D eigenvalue weighted by molar-refractivity contribution is 6.30. The molecule has 0 spiro atoms. The van der Waals surface area contributed by atoms with E-state index in [-0.39, 0.29) is 5.69 Å². The van der Waals surface area contributed by atoms with Crippen LogP contribution in [0.25, 0.3) is 21.8 Å². The summed E-state index contributed by atoms with van der Waals surface area (Å²) in [5.74, 6) is 0.306. The smallest absolute Gasteiger partial charge is 0.356 e. The molecule has 136 valence electrons. The van der Waals surface area contributed by atoms with Crippen LogP contribution in [0, 0.1) is 0 Å². The van der Waals surface area contributed by atoms with Gasteiger partial charge in [-0.1, -0.05) is 23.7 Å². The minimum Gasteiger partial charge on any atom is -0.489 e. The van der Waals surface area contributed by atoms with Crippen molar-refractivity contribution in [2.75, 3.05) is 6.61 Å². The second-order valence-electron chi connectivity index (χ2n) is 6.09. The highest BCUT2D eigenvalue weighted by Gasteiger charge is 2.12. The fraction of sp³-hybridized carbons (Fsp3) is 0.143. The molecule has 0 aliphatic heterocycles. The predicted molar refractivity (Wildman–Crippen MR) is 105 cm³/mol. The lowest BCUT2D eigenvalue weighted by molar-refractivity contribution is 0.0520. The summed E-state index contributed by atoms with van der Waals surface area (Å²) in [6.45, 7) is 2.50. The van der Waals surface area contributed by atoms with Gasteiger partial charge in [0.2, 0.25) is 0 Å². The first kappa shape index (κ1) is 17.4. The van der Waals surface area contributed by atoms with Crippen molar-refractivity contribution >= 4 is 39.4 Å². The number of rotatable bonds is 5. The van der Waals surface area contributed by atoms with Gasteiger partial charge in [0.05, 0.1) is 18.3 Å². The molecule has 2 aromatic carbocycles. The molecular weight excluding hydrogens is 364 g/mol. The second kappa shape index (κ2) is 7.29. The van der Waals surface area contributed by atoms with E-state index in [9.17, 15) is 4.79 Å². The monoisotopic (exact) mass is 380 g/mol. The standard InChI is InChI=1S/C21H17ClN2O3/c1-2-26-21(25)19-10-17-16-9-15(6-7-18(16)24-20(17)11-23-19)27-12-13-4-3-5-14(22)8-13/h3-11,24H,2,12H2,1H3. The molecule has 2 aromatic heterocycles. The number of aromatic nitrogens is 2. The van der Waals surface area contributed by atoms with E-state index in [2.05, 4.69) is 9.97 Å². The Morgan fingerprint density at radius 2 is 1.96 bits per heavy atom. The number of fused-ring (bicyclic) bond motifs is 3. The molecule has 2 heterocycles. The van der Waals surface area contributed by atoms with Gasteiger partial charge in [0, 0.05) is 21.3 Å². The Bertz CT molecular complexity index is 1140. The van der Waals surface area contributed by atoms with Crippen LogP contribution >= 0.6 is 11.6 Å². The fourth-order valence-electron chi connectivity index (χ4n) is 2.98. The molecule has 0 radical (unpaired) electrons. The maximum Gasteiger partial charge on any atom is 0.356 e. The zero-order valence-electron chi connectivity index (χ0n) is 14.7. The Morgan fingerprint density at radius 1 is 1.11 bits per heavy atom. The Hall–Kier alpha value is -3.05. The van der Waals surface area contributed by atoms with Crippen molar-refractivity contribution in [2.24, 2.45) is 0 Å². The molecule has 0 fully saturated rings. The summed E-state index contributed by atoms with van der Waals surface area (Å²) in [4.78, 5) is 19.4. The van der Waals surface area contributed by atoms with Gasteiger partial charge in [0.25, 0.3) is 0 Å². The molecular formula is C21H17ClN2O3. The van der Waals surface area contributed by atoms with Crippen molar-refractivity contribution in [1.29, 1.82) is 0 Å². The van der Waals surface area contributed by atoms with E-state index in [1.807, 2.05) is 42.5 Å². The normalized spacial score (nSPS) is 11.0. The van der Waals surface area contributed by atoms with E-state index in [1.54, 1.807) is 19.2 Å². The van der Waals surface area contributed by atoms with Gasteiger partial charge >= 0.3 is 5.97 Å². The molecule has 0 unspecified atom stereocenters. The van der Waals surface area contributed by atoms with Crippen LogP contribution in [0.1, 0.15) is 23.0 Å². The van der Waals surface area contributed by atoms with Gasteiger partial charge in [0.15, 0.2) is 0 Å². The summed E-state index contributed by atoms with van der Waals surface area (Å²) in [5, 5.41) is 2.54. The molecule has 0 bridgehead atoms. The van der Waals surface area contributed by atoms with Crippen molar-refractivity contribution in [3.63, 3.8) is 0 Å². The van der Waals surface area contributed by atoms with Crippen LogP contribution in [0.3, 0.4) is 0 Å². The molecule has 27 heavy (non-hydrogen) atoms. The number of esters is 1. The summed E-state index contributed by atoms with van der Waals surface area (Å²) in [7, 11) is 0. The van der Waals surface area contributed by atoms with Gasteiger partial charge in [-0.2, -0.15) is 0 Å². The van der Waals surface area contributed by atoms with Crippen LogP contribution < -0.4 is 4.74 Å². The number of nitrogens with zero attached hydrogens (tertiary/aromatic N) is 1. The number of H-pyrrole nitrogens is 1. The number of carbonyl (C=O) groups is 1. The summed E-state index contributed by atoms with van der Waals surface area (Å²) in [6, 6.07) is 15.1. The van der Waals surface area contributed by atoms with Crippen molar-refractivity contribution < 1.29 is 14.3 Å². The first-order valence-corrected chi connectivity index (χ1v) is 8.97. The number of halogens is 1. The average Bonchev–Trinajstić information content (AvgIpc) is 3.04. The highest BCUT2D eigenvalue weighted by atomic mass is 35.5. The third-order valence-corrected chi connectivity index (χ3v) is 4.47. The minimum atomic E-state index is -0.429. The molecule has 4 aromatic rings. The fourth-order valence-corrected chi connectivity index (χ4v) is 3.19. The van der Waals surface area contributed by atoms with E-state index in [0.717, 1.165) is 33.1 Å². The minimum absolute atomic E-state index is 0.287. The number of hydrogen-bond donors (Lipinski definition) is 1. The molecule has 0 amide bonds. The third-order valence-electron chi connectivity index (χ3n) is 4.23. The number of ether oxygens (including phenoxy) is 2. The van der Waals surface area contributed by atoms with Gasteiger partial charge in [-0.05, 0) is 48.9 Å². The molecule has 6 heteroatoms. The van der Waals surface area contributed by atoms with E-state index in [0.29, 0.717) is 18.2 Å². The summed E-state index contributed by atoms with van der Waals surface area (Å²) in [5.41, 5.74) is 3.08. The molecule has 0 aliphatic rings. The van der Waals surface area contributed by atoms with Crippen LogP contribution in [0.15, 0.2) is 54.7 Å². The van der Waals surface area contributed by atoms with Crippen molar-refractivity contribution in [2.45, 2.75) is 13.5 Å². The molecule has 0 saturated carbocycles. The average molecular weight is 381 g/mol. The first-order chi connectivity index (χ1) is 13.1. The predicted octanol–water partition coefficient (Wildman–Crippen LogP) is 5.13. The first-order valence-electron chi connectivity index (χ1n) is 8.60. The Morgan fingerprint density at radius 3 is 2.78 bits per heavy atom. The Kier molecular flexibility index (Phi) is 4.69. The van der Waals surface area contributed by atoms with Gasteiger partial charge in [-0.3, -0.25) is 0 Å². The van der Waals surface area contributed by atoms with Crippen molar-refractivity contribution in [3.05, 3.63) is 71.0 Å². The molecule has 4 rings (SSSR count). The maximum absolute atomic E-state index is 12.0. The topological polar surface area (TPSA) is 64.2 Å². The van der Waals surface area contributed by atoms with Crippen LogP contribution in [0.4, 0.5) is 0 Å².